The zero-order valence-electron chi connectivity index (χ0n) is 8.72. The number of hydrogen-bond donors (Lipinski definition) is 1. The van der Waals surface area contributed by atoms with Crippen LogP contribution < -0.4 is 5.73 Å². The van der Waals surface area contributed by atoms with Crippen molar-refractivity contribution in [2.45, 2.75) is 31.7 Å². The molecule has 0 spiro atoms. The third-order valence-electron chi connectivity index (χ3n) is 2.84. The molecule has 0 radical (unpaired) electrons. The number of nitrogens with zero attached hydrogens (tertiary/aromatic N) is 3. The molecule has 0 aromatic carbocycles. The van der Waals surface area contributed by atoms with Crippen LogP contribution in [-0.4, -0.2) is 14.6 Å². The Balaban J connectivity index is 2.19. The van der Waals surface area contributed by atoms with Gasteiger partial charge < -0.3 is 5.73 Å². The quantitative estimate of drug-likeness (QED) is 0.805. The van der Waals surface area contributed by atoms with E-state index in [4.69, 9.17) is 5.73 Å². The molecule has 1 atom stereocenters. The Hall–Kier alpha value is -1.42. The van der Waals surface area contributed by atoms with Crippen LogP contribution in [0.2, 0.25) is 0 Å². The fourth-order valence-electron chi connectivity index (χ4n) is 1.81. The van der Waals surface area contributed by atoms with E-state index in [1.807, 2.05) is 29.8 Å². The molecule has 15 heavy (non-hydrogen) atoms. The van der Waals surface area contributed by atoms with Crippen LogP contribution in [0.1, 0.15) is 43.1 Å². The fourth-order valence-corrected chi connectivity index (χ4v) is 1.81. The minimum absolute atomic E-state index is 0.00459. The molecule has 2 aromatic heterocycles. The summed E-state index contributed by atoms with van der Waals surface area (Å²) < 4.78 is 1.84. The van der Waals surface area contributed by atoms with Crippen molar-refractivity contribution < 1.29 is 0 Å². The average Bonchev–Trinajstić information content (AvgIpc) is 2.96. The lowest BCUT2D eigenvalue weighted by molar-refractivity contribution is 0.808. The smallest absolute Gasteiger partial charge is 0.160 e. The molecule has 1 saturated carbocycles. The highest BCUT2D eigenvalue weighted by Gasteiger charge is 2.28. The third-order valence-corrected chi connectivity index (χ3v) is 2.84. The molecule has 2 heterocycles. The summed E-state index contributed by atoms with van der Waals surface area (Å²) in [5, 5.41) is 4.47. The molecule has 4 heteroatoms. The Morgan fingerprint density at radius 3 is 3.00 bits per heavy atom. The molecule has 4 nitrogen and oxygen atoms in total. The number of fused-ring (bicyclic) bond motifs is 1. The van der Waals surface area contributed by atoms with Gasteiger partial charge in [0.1, 0.15) is 0 Å². The van der Waals surface area contributed by atoms with E-state index in [0.29, 0.717) is 5.92 Å². The standard InChI is InChI=1S/C11H14N4/c1-7(12)9-3-2-6-15-11(9)13-10(14-15)8-4-5-8/h2-3,6-8H,4-5,12H2,1H3. The van der Waals surface area contributed by atoms with E-state index in [0.717, 1.165) is 17.0 Å². The normalized spacial score (nSPS) is 18.3. The van der Waals surface area contributed by atoms with Gasteiger partial charge in [0, 0.05) is 23.7 Å². The third kappa shape index (κ3) is 1.41. The van der Waals surface area contributed by atoms with E-state index in [2.05, 4.69) is 10.1 Å². The summed E-state index contributed by atoms with van der Waals surface area (Å²) in [5.41, 5.74) is 7.88. The molecule has 1 aliphatic carbocycles. The van der Waals surface area contributed by atoms with Crippen LogP contribution in [-0.2, 0) is 0 Å². The molecule has 0 bridgehead atoms. The van der Waals surface area contributed by atoms with Crippen molar-refractivity contribution in [1.82, 2.24) is 14.6 Å². The molecule has 3 rings (SSSR count). The van der Waals surface area contributed by atoms with Crippen molar-refractivity contribution in [3.63, 3.8) is 0 Å². The largest absolute Gasteiger partial charge is 0.324 e. The van der Waals surface area contributed by atoms with Gasteiger partial charge >= 0.3 is 0 Å². The molecule has 1 aliphatic rings. The summed E-state index contributed by atoms with van der Waals surface area (Å²) in [7, 11) is 0. The Morgan fingerprint density at radius 2 is 2.33 bits per heavy atom. The molecule has 0 amide bonds. The monoisotopic (exact) mass is 202 g/mol. The maximum absolute atomic E-state index is 5.90. The first-order valence-corrected chi connectivity index (χ1v) is 5.36. The number of hydrogen-bond acceptors (Lipinski definition) is 3. The van der Waals surface area contributed by atoms with Crippen LogP contribution in [0.15, 0.2) is 18.3 Å². The highest BCUT2D eigenvalue weighted by molar-refractivity contribution is 5.48. The zero-order chi connectivity index (χ0) is 10.4. The van der Waals surface area contributed by atoms with E-state index in [1.165, 1.54) is 12.8 Å². The van der Waals surface area contributed by atoms with E-state index in [-0.39, 0.29) is 6.04 Å². The molecule has 78 valence electrons. The van der Waals surface area contributed by atoms with Gasteiger partial charge in [0.05, 0.1) is 0 Å². The molecule has 0 aliphatic heterocycles. The van der Waals surface area contributed by atoms with Crippen molar-refractivity contribution in [2.24, 2.45) is 5.73 Å². The summed E-state index contributed by atoms with van der Waals surface area (Å²) in [6.07, 6.45) is 4.38. The number of pyridine rings is 1. The van der Waals surface area contributed by atoms with Crippen molar-refractivity contribution in [2.75, 3.05) is 0 Å². The zero-order valence-corrected chi connectivity index (χ0v) is 8.72. The highest BCUT2D eigenvalue weighted by atomic mass is 15.3. The first-order valence-electron chi connectivity index (χ1n) is 5.36. The van der Waals surface area contributed by atoms with Gasteiger partial charge in [-0.15, -0.1) is 0 Å². The van der Waals surface area contributed by atoms with Crippen molar-refractivity contribution in [1.29, 1.82) is 0 Å². The lowest BCUT2D eigenvalue weighted by atomic mass is 10.1. The second-order valence-electron chi connectivity index (χ2n) is 4.26. The maximum atomic E-state index is 5.90. The van der Waals surface area contributed by atoms with Gasteiger partial charge in [0.25, 0.3) is 0 Å². The number of rotatable bonds is 2. The van der Waals surface area contributed by atoms with Gasteiger partial charge in [-0.1, -0.05) is 6.07 Å². The molecule has 2 aromatic rings. The SMILES string of the molecule is CC(N)c1cccn2nc(C3CC3)nc12. The first kappa shape index (κ1) is 8.85. The average molecular weight is 202 g/mol. The van der Waals surface area contributed by atoms with E-state index < -0.39 is 0 Å². The summed E-state index contributed by atoms with van der Waals surface area (Å²) in [5.74, 6) is 1.56. The minimum Gasteiger partial charge on any atom is -0.324 e. The van der Waals surface area contributed by atoms with Crippen LogP contribution in [0.5, 0.6) is 0 Å². The van der Waals surface area contributed by atoms with Crippen LogP contribution in [0, 0.1) is 0 Å². The van der Waals surface area contributed by atoms with Gasteiger partial charge in [-0.2, -0.15) is 5.10 Å². The van der Waals surface area contributed by atoms with E-state index in [9.17, 15) is 0 Å². The van der Waals surface area contributed by atoms with Gasteiger partial charge in [0.2, 0.25) is 0 Å². The Labute approximate surface area is 88.1 Å². The van der Waals surface area contributed by atoms with Gasteiger partial charge in [-0.25, -0.2) is 9.50 Å². The second-order valence-corrected chi connectivity index (χ2v) is 4.26. The lowest BCUT2D eigenvalue weighted by Gasteiger charge is -2.04. The van der Waals surface area contributed by atoms with Crippen LogP contribution >= 0.6 is 0 Å². The van der Waals surface area contributed by atoms with Gasteiger partial charge in [-0.05, 0) is 25.8 Å². The minimum atomic E-state index is 0.00459. The van der Waals surface area contributed by atoms with E-state index >= 15 is 0 Å². The van der Waals surface area contributed by atoms with Crippen molar-refractivity contribution >= 4 is 5.65 Å². The summed E-state index contributed by atoms with van der Waals surface area (Å²) in [6, 6.07) is 3.99. The summed E-state index contributed by atoms with van der Waals surface area (Å²) in [4.78, 5) is 4.57. The number of nitrogens with two attached hydrogens (primary N) is 1. The summed E-state index contributed by atoms with van der Waals surface area (Å²) >= 11 is 0. The maximum Gasteiger partial charge on any atom is 0.160 e. The lowest BCUT2D eigenvalue weighted by Crippen LogP contribution is -2.07. The second kappa shape index (κ2) is 3.03. The van der Waals surface area contributed by atoms with Crippen LogP contribution in [0.4, 0.5) is 0 Å². The predicted octanol–water partition coefficient (Wildman–Crippen LogP) is 1.63. The van der Waals surface area contributed by atoms with Crippen LogP contribution in [0.25, 0.3) is 5.65 Å². The Bertz CT molecular complexity index is 496. The molecular formula is C11H14N4. The number of aromatic nitrogens is 3. The van der Waals surface area contributed by atoms with Crippen LogP contribution in [0.3, 0.4) is 0 Å². The molecule has 1 unspecified atom stereocenters. The first-order chi connectivity index (χ1) is 7.25. The molecular weight excluding hydrogens is 188 g/mol. The predicted molar refractivity (Wildman–Crippen MR) is 57.6 cm³/mol. The molecule has 0 saturated heterocycles. The molecule has 2 N–H and O–H groups in total. The van der Waals surface area contributed by atoms with Crippen molar-refractivity contribution in [3.05, 3.63) is 29.7 Å². The van der Waals surface area contributed by atoms with Gasteiger partial charge in [0.15, 0.2) is 11.5 Å². The topological polar surface area (TPSA) is 56.2 Å². The Morgan fingerprint density at radius 1 is 1.53 bits per heavy atom. The highest BCUT2D eigenvalue weighted by Crippen LogP contribution is 2.38. The van der Waals surface area contributed by atoms with Gasteiger partial charge in [-0.3, -0.25) is 0 Å². The Kier molecular flexibility index (Phi) is 1.79. The van der Waals surface area contributed by atoms with Crippen molar-refractivity contribution in [3.8, 4) is 0 Å². The van der Waals surface area contributed by atoms with E-state index in [1.54, 1.807) is 0 Å². The fraction of sp³-hybridized carbons (Fsp3) is 0.455. The summed E-state index contributed by atoms with van der Waals surface area (Å²) in [6.45, 7) is 1.97. The molecule has 1 fully saturated rings.